The third-order valence-corrected chi connectivity index (χ3v) is 4.28. The number of hydrogen-bond acceptors (Lipinski definition) is 5. The van der Waals surface area contributed by atoms with Crippen molar-refractivity contribution in [3.63, 3.8) is 0 Å². The molecule has 1 atom stereocenters. The molecule has 8 heteroatoms. The molecule has 1 aromatic carbocycles. The van der Waals surface area contributed by atoms with Gasteiger partial charge in [-0.3, -0.25) is 9.69 Å². The number of carbonyl (C=O) groups is 2. The van der Waals surface area contributed by atoms with Crippen molar-refractivity contribution < 1.29 is 14.3 Å². The highest BCUT2D eigenvalue weighted by Crippen LogP contribution is 2.24. The Balaban J connectivity index is 1.71. The quantitative estimate of drug-likeness (QED) is 0.896. The van der Waals surface area contributed by atoms with E-state index in [-0.39, 0.29) is 5.91 Å². The number of ether oxygens (including phenoxy) is 1. The first-order chi connectivity index (χ1) is 12.7. The molecule has 1 saturated heterocycles. The Bertz CT molecular complexity index is 840. The number of likely N-dealkylation sites (tertiary alicyclic amines) is 1. The molecule has 1 aliphatic rings. The molecule has 2 amide bonds. The maximum Gasteiger partial charge on any atom is 0.410 e. The number of nitrogens with one attached hydrogen (secondary N) is 1. The Morgan fingerprint density at radius 1 is 1.30 bits per heavy atom. The van der Waals surface area contributed by atoms with Gasteiger partial charge in [0.15, 0.2) is 5.82 Å². The summed E-state index contributed by atoms with van der Waals surface area (Å²) in [5.41, 5.74) is 0.908. The van der Waals surface area contributed by atoms with Crippen LogP contribution in [0.25, 0.3) is 11.4 Å². The van der Waals surface area contributed by atoms with Gasteiger partial charge in [-0.15, -0.1) is 10.2 Å². The van der Waals surface area contributed by atoms with Crippen molar-refractivity contribution in [3.05, 3.63) is 30.6 Å². The third kappa shape index (κ3) is 4.45. The summed E-state index contributed by atoms with van der Waals surface area (Å²) in [5.74, 6) is 0.496. The molecule has 27 heavy (non-hydrogen) atoms. The van der Waals surface area contributed by atoms with Crippen LogP contribution < -0.4 is 5.32 Å². The Kier molecular flexibility index (Phi) is 5.16. The van der Waals surface area contributed by atoms with Crippen molar-refractivity contribution in [3.8, 4) is 11.4 Å². The lowest BCUT2D eigenvalue weighted by Crippen LogP contribution is -2.45. The Hall–Kier alpha value is -2.90. The summed E-state index contributed by atoms with van der Waals surface area (Å²) in [6, 6.07) is 6.87. The van der Waals surface area contributed by atoms with Gasteiger partial charge in [0.1, 0.15) is 18.0 Å². The molecule has 0 spiro atoms. The van der Waals surface area contributed by atoms with E-state index in [9.17, 15) is 9.59 Å². The summed E-state index contributed by atoms with van der Waals surface area (Å²) in [6.45, 7) is 5.96. The van der Waals surface area contributed by atoms with Gasteiger partial charge in [0.2, 0.25) is 5.91 Å². The van der Waals surface area contributed by atoms with E-state index in [1.807, 2.05) is 56.7 Å². The zero-order chi connectivity index (χ0) is 19.6. The zero-order valence-electron chi connectivity index (χ0n) is 16.1. The Labute approximate surface area is 158 Å². The monoisotopic (exact) mass is 371 g/mol. The lowest BCUT2D eigenvalue weighted by atomic mass is 10.1. The summed E-state index contributed by atoms with van der Waals surface area (Å²) >= 11 is 0. The number of hydrogen-bond donors (Lipinski definition) is 1. The van der Waals surface area contributed by atoms with Crippen molar-refractivity contribution in [2.45, 2.75) is 45.3 Å². The number of benzene rings is 1. The summed E-state index contributed by atoms with van der Waals surface area (Å²) in [4.78, 5) is 26.7. The highest BCUT2D eigenvalue weighted by molar-refractivity contribution is 5.97. The maximum absolute atomic E-state index is 12.8. The molecular formula is C19H25N5O3. The molecule has 0 saturated carbocycles. The van der Waals surface area contributed by atoms with E-state index >= 15 is 0 Å². The maximum atomic E-state index is 12.8. The van der Waals surface area contributed by atoms with Crippen molar-refractivity contribution >= 4 is 17.7 Å². The molecule has 2 heterocycles. The van der Waals surface area contributed by atoms with E-state index in [0.29, 0.717) is 24.5 Å². The highest BCUT2D eigenvalue weighted by Gasteiger charge is 2.36. The molecule has 1 aliphatic heterocycles. The van der Waals surface area contributed by atoms with E-state index in [1.54, 1.807) is 6.33 Å². The number of aryl methyl sites for hydroxylation is 1. The largest absolute Gasteiger partial charge is 0.444 e. The predicted molar refractivity (Wildman–Crippen MR) is 101 cm³/mol. The van der Waals surface area contributed by atoms with Crippen LogP contribution in [0.2, 0.25) is 0 Å². The average Bonchev–Trinajstić information content (AvgIpc) is 3.22. The molecule has 1 N–H and O–H groups in total. The summed E-state index contributed by atoms with van der Waals surface area (Å²) in [7, 11) is 1.86. The summed E-state index contributed by atoms with van der Waals surface area (Å²) < 4.78 is 7.23. The lowest BCUT2D eigenvalue weighted by Gasteiger charge is -2.28. The topological polar surface area (TPSA) is 89.4 Å². The second kappa shape index (κ2) is 7.38. The van der Waals surface area contributed by atoms with Crippen LogP contribution in [0, 0.1) is 0 Å². The molecule has 144 valence electrons. The smallest absolute Gasteiger partial charge is 0.410 e. The minimum atomic E-state index is -0.592. The van der Waals surface area contributed by atoms with Crippen molar-refractivity contribution in [2.75, 3.05) is 11.9 Å². The molecular weight excluding hydrogens is 346 g/mol. The number of nitrogens with zero attached hydrogens (tertiary/aromatic N) is 4. The molecule has 3 rings (SSSR count). The van der Waals surface area contributed by atoms with Gasteiger partial charge in [-0.2, -0.15) is 0 Å². The van der Waals surface area contributed by atoms with E-state index in [0.717, 1.165) is 12.0 Å². The normalized spacial score (nSPS) is 17.0. The first-order valence-electron chi connectivity index (χ1n) is 8.99. The first kappa shape index (κ1) is 18.9. The SMILES string of the molecule is Cn1cnnc1-c1cccc(NC(=O)C2CCCN2C(=O)OC(C)(C)C)c1. The van der Waals surface area contributed by atoms with Gasteiger partial charge in [0.05, 0.1) is 0 Å². The fraction of sp³-hybridized carbons (Fsp3) is 0.474. The second-order valence-corrected chi connectivity index (χ2v) is 7.67. The van der Waals surface area contributed by atoms with Gasteiger partial charge < -0.3 is 14.6 Å². The van der Waals surface area contributed by atoms with Crippen LogP contribution in [-0.4, -0.2) is 49.9 Å². The molecule has 8 nitrogen and oxygen atoms in total. The van der Waals surface area contributed by atoms with Crippen LogP contribution in [0.1, 0.15) is 33.6 Å². The van der Waals surface area contributed by atoms with E-state index < -0.39 is 17.7 Å². The Morgan fingerprint density at radius 3 is 2.74 bits per heavy atom. The van der Waals surface area contributed by atoms with E-state index in [2.05, 4.69) is 15.5 Å². The van der Waals surface area contributed by atoms with Crippen LogP contribution in [0.4, 0.5) is 10.5 Å². The van der Waals surface area contributed by atoms with Crippen LogP contribution in [0.5, 0.6) is 0 Å². The van der Waals surface area contributed by atoms with Crippen LogP contribution in [0.15, 0.2) is 30.6 Å². The Morgan fingerprint density at radius 2 is 2.07 bits per heavy atom. The minimum Gasteiger partial charge on any atom is -0.444 e. The lowest BCUT2D eigenvalue weighted by molar-refractivity contribution is -0.120. The van der Waals surface area contributed by atoms with E-state index in [4.69, 9.17) is 4.74 Å². The number of carbonyl (C=O) groups excluding carboxylic acids is 2. The number of anilines is 1. The molecule has 1 unspecified atom stereocenters. The molecule has 2 aromatic rings. The molecule has 1 aromatic heterocycles. The van der Waals surface area contributed by atoms with E-state index in [1.165, 1.54) is 4.90 Å². The summed E-state index contributed by atoms with van der Waals surface area (Å²) in [5, 5.41) is 10.9. The van der Waals surface area contributed by atoms with Gasteiger partial charge in [-0.05, 0) is 45.7 Å². The van der Waals surface area contributed by atoms with Crippen molar-refractivity contribution in [2.24, 2.45) is 7.05 Å². The number of amides is 2. The van der Waals surface area contributed by atoms with Crippen LogP contribution in [-0.2, 0) is 16.6 Å². The highest BCUT2D eigenvalue weighted by atomic mass is 16.6. The second-order valence-electron chi connectivity index (χ2n) is 7.67. The summed E-state index contributed by atoms with van der Waals surface area (Å²) in [6.07, 6.45) is 2.57. The van der Waals surface area contributed by atoms with Gasteiger partial charge in [0, 0.05) is 24.8 Å². The molecule has 1 fully saturated rings. The standard InChI is InChI=1S/C19H25N5O3/c1-19(2,3)27-18(26)24-10-6-9-15(24)17(25)21-14-8-5-7-13(11-14)16-22-20-12-23(16)4/h5,7-8,11-12,15H,6,9-10H2,1-4H3,(H,21,25). The average molecular weight is 371 g/mol. The third-order valence-electron chi connectivity index (χ3n) is 4.28. The van der Waals surface area contributed by atoms with Crippen LogP contribution >= 0.6 is 0 Å². The minimum absolute atomic E-state index is 0.214. The number of rotatable bonds is 3. The van der Waals surface area contributed by atoms with Gasteiger partial charge >= 0.3 is 6.09 Å². The fourth-order valence-corrected chi connectivity index (χ4v) is 3.08. The molecule has 0 radical (unpaired) electrons. The predicted octanol–water partition coefficient (Wildman–Crippen LogP) is 2.82. The van der Waals surface area contributed by atoms with Gasteiger partial charge in [-0.25, -0.2) is 4.79 Å². The molecule has 0 aliphatic carbocycles. The van der Waals surface area contributed by atoms with Crippen molar-refractivity contribution in [1.29, 1.82) is 0 Å². The van der Waals surface area contributed by atoms with Crippen molar-refractivity contribution in [1.82, 2.24) is 19.7 Å². The molecule has 0 bridgehead atoms. The van der Waals surface area contributed by atoms with Crippen LogP contribution in [0.3, 0.4) is 0 Å². The van der Waals surface area contributed by atoms with Gasteiger partial charge in [-0.1, -0.05) is 12.1 Å². The fourth-order valence-electron chi connectivity index (χ4n) is 3.08. The van der Waals surface area contributed by atoms with Gasteiger partial charge in [0.25, 0.3) is 0 Å². The first-order valence-corrected chi connectivity index (χ1v) is 8.99. The number of aromatic nitrogens is 3. The zero-order valence-corrected chi connectivity index (χ0v) is 16.1.